The van der Waals surface area contributed by atoms with Crippen molar-refractivity contribution in [2.75, 3.05) is 13.2 Å². The number of hydrogen-bond acceptors (Lipinski definition) is 5. The van der Waals surface area contributed by atoms with Gasteiger partial charge in [-0.1, -0.05) is 12.1 Å². The lowest BCUT2D eigenvalue weighted by Crippen LogP contribution is -2.33. The van der Waals surface area contributed by atoms with Crippen LogP contribution in [0.5, 0.6) is 0 Å². The molecule has 0 bridgehead atoms. The van der Waals surface area contributed by atoms with Gasteiger partial charge in [-0.2, -0.15) is 4.98 Å². The standard InChI is InChI=1S/C15H25N3O2/c1-3-19-15(8-4-5-9-15)14-17-13(20-18-14)12-11(2)7-6-10-16-12/h11-12,16H,3-10H2,1-2H3. The van der Waals surface area contributed by atoms with E-state index in [0.717, 1.165) is 31.1 Å². The van der Waals surface area contributed by atoms with E-state index in [4.69, 9.17) is 14.2 Å². The van der Waals surface area contributed by atoms with Gasteiger partial charge in [-0.25, -0.2) is 0 Å². The number of nitrogens with one attached hydrogen (secondary N) is 1. The van der Waals surface area contributed by atoms with Gasteiger partial charge in [0.2, 0.25) is 11.7 Å². The first-order chi connectivity index (χ1) is 9.75. The molecule has 1 saturated heterocycles. The Morgan fingerprint density at radius 3 is 2.85 bits per heavy atom. The van der Waals surface area contributed by atoms with Gasteiger partial charge in [0.1, 0.15) is 5.60 Å². The van der Waals surface area contributed by atoms with E-state index in [2.05, 4.69) is 17.4 Å². The van der Waals surface area contributed by atoms with Gasteiger partial charge < -0.3 is 14.6 Å². The monoisotopic (exact) mass is 279 g/mol. The SMILES string of the molecule is CCOC1(c2noc(C3NCCCC3C)n2)CCCC1. The number of nitrogens with zero attached hydrogens (tertiary/aromatic N) is 2. The average molecular weight is 279 g/mol. The van der Waals surface area contributed by atoms with Crippen LogP contribution in [0.4, 0.5) is 0 Å². The minimum absolute atomic E-state index is 0.199. The fraction of sp³-hybridized carbons (Fsp3) is 0.867. The van der Waals surface area contributed by atoms with Gasteiger partial charge in [-0.15, -0.1) is 0 Å². The first-order valence-corrected chi connectivity index (χ1v) is 7.96. The fourth-order valence-electron chi connectivity index (χ4n) is 3.58. The molecule has 2 unspecified atom stereocenters. The first kappa shape index (κ1) is 14.0. The van der Waals surface area contributed by atoms with E-state index in [1.807, 2.05) is 6.92 Å². The van der Waals surface area contributed by atoms with Crippen molar-refractivity contribution in [3.05, 3.63) is 11.7 Å². The van der Waals surface area contributed by atoms with Crippen molar-refractivity contribution in [2.24, 2.45) is 5.92 Å². The second-order valence-electron chi connectivity index (χ2n) is 6.14. The molecule has 1 N–H and O–H groups in total. The molecule has 112 valence electrons. The zero-order valence-electron chi connectivity index (χ0n) is 12.5. The van der Waals surface area contributed by atoms with E-state index in [0.29, 0.717) is 12.5 Å². The molecule has 3 rings (SSSR count). The van der Waals surface area contributed by atoms with Crippen LogP contribution in [-0.2, 0) is 10.3 Å². The second kappa shape index (κ2) is 5.82. The van der Waals surface area contributed by atoms with Crippen molar-refractivity contribution in [2.45, 2.75) is 64.0 Å². The van der Waals surface area contributed by atoms with Crippen molar-refractivity contribution in [3.63, 3.8) is 0 Å². The molecule has 20 heavy (non-hydrogen) atoms. The highest BCUT2D eigenvalue weighted by molar-refractivity contribution is 5.07. The lowest BCUT2D eigenvalue weighted by molar-refractivity contribution is -0.0469. The Bertz CT molecular complexity index is 440. The van der Waals surface area contributed by atoms with Gasteiger partial charge in [0.15, 0.2) is 0 Å². The van der Waals surface area contributed by atoms with E-state index >= 15 is 0 Å². The van der Waals surface area contributed by atoms with Gasteiger partial charge in [-0.05, 0) is 57.9 Å². The molecule has 2 fully saturated rings. The third kappa shape index (κ3) is 2.49. The third-order valence-electron chi connectivity index (χ3n) is 4.72. The van der Waals surface area contributed by atoms with Crippen molar-refractivity contribution in [1.29, 1.82) is 0 Å². The van der Waals surface area contributed by atoms with Crippen LogP contribution in [0.1, 0.15) is 70.1 Å². The predicted octanol–water partition coefficient (Wildman–Crippen LogP) is 2.94. The van der Waals surface area contributed by atoms with Crippen LogP contribution in [0.3, 0.4) is 0 Å². The zero-order chi connectivity index (χ0) is 14.0. The van der Waals surface area contributed by atoms with Crippen LogP contribution >= 0.6 is 0 Å². The number of ether oxygens (including phenoxy) is 1. The highest BCUT2D eigenvalue weighted by Crippen LogP contribution is 2.41. The van der Waals surface area contributed by atoms with Crippen LogP contribution < -0.4 is 5.32 Å². The molecule has 2 atom stereocenters. The first-order valence-electron chi connectivity index (χ1n) is 7.96. The van der Waals surface area contributed by atoms with Crippen LogP contribution in [-0.4, -0.2) is 23.3 Å². The summed E-state index contributed by atoms with van der Waals surface area (Å²) in [6, 6.07) is 0.199. The van der Waals surface area contributed by atoms with Crippen molar-refractivity contribution in [1.82, 2.24) is 15.5 Å². The Kier molecular flexibility index (Phi) is 4.08. The predicted molar refractivity (Wildman–Crippen MR) is 75.2 cm³/mol. The normalized spacial score (nSPS) is 29.7. The number of rotatable bonds is 4. The largest absolute Gasteiger partial charge is 0.367 e. The smallest absolute Gasteiger partial charge is 0.244 e. The Balaban J connectivity index is 1.81. The number of piperidine rings is 1. The summed E-state index contributed by atoms with van der Waals surface area (Å²) in [5.41, 5.74) is -0.297. The summed E-state index contributed by atoms with van der Waals surface area (Å²) in [7, 11) is 0. The van der Waals surface area contributed by atoms with Gasteiger partial charge in [0.25, 0.3) is 0 Å². The van der Waals surface area contributed by atoms with Crippen LogP contribution in [0.15, 0.2) is 4.52 Å². The summed E-state index contributed by atoms with van der Waals surface area (Å²) < 4.78 is 11.6. The van der Waals surface area contributed by atoms with Gasteiger partial charge in [0.05, 0.1) is 6.04 Å². The zero-order valence-corrected chi connectivity index (χ0v) is 12.5. The van der Waals surface area contributed by atoms with E-state index in [1.165, 1.54) is 25.7 Å². The number of aromatic nitrogens is 2. The number of hydrogen-bond donors (Lipinski definition) is 1. The Morgan fingerprint density at radius 1 is 1.35 bits per heavy atom. The van der Waals surface area contributed by atoms with Crippen molar-refractivity contribution < 1.29 is 9.26 Å². The summed E-state index contributed by atoms with van der Waals surface area (Å²) in [5.74, 6) is 2.04. The maximum atomic E-state index is 6.00. The molecule has 2 heterocycles. The molecule has 1 aromatic rings. The molecule has 0 aromatic carbocycles. The average Bonchev–Trinajstić information content (AvgIpc) is 3.09. The molecule has 0 radical (unpaired) electrons. The highest BCUT2D eigenvalue weighted by atomic mass is 16.5. The molecule has 5 heteroatoms. The molecule has 1 aromatic heterocycles. The molecule has 0 amide bonds. The highest BCUT2D eigenvalue weighted by Gasteiger charge is 2.41. The van der Waals surface area contributed by atoms with E-state index < -0.39 is 0 Å². The second-order valence-corrected chi connectivity index (χ2v) is 6.14. The minimum atomic E-state index is -0.297. The maximum absolute atomic E-state index is 6.00. The summed E-state index contributed by atoms with van der Waals surface area (Å²) in [6.45, 7) is 6.01. The minimum Gasteiger partial charge on any atom is -0.367 e. The Hall–Kier alpha value is -0.940. The van der Waals surface area contributed by atoms with E-state index in [-0.39, 0.29) is 11.6 Å². The molecular formula is C15H25N3O2. The molecule has 1 aliphatic heterocycles. The van der Waals surface area contributed by atoms with Crippen LogP contribution in [0.25, 0.3) is 0 Å². The molecule has 2 aliphatic rings. The lowest BCUT2D eigenvalue weighted by atomic mass is 9.92. The summed E-state index contributed by atoms with van der Waals surface area (Å²) in [4.78, 5) is 4.69. The van der Waals surface area contributed by atoms with Crippen LogP contribution in [0, 0.1) is 5.92 Å². The van der Waals surface area contributed by atoms with Crippen LogP contribution in [0.2, 0.25) is 0 Å². The van der Waals surface area contributed by atoms with Gasteiger partial charge in [-0.3, -0.25) is 0 Å². The fourth-order valence-corrected chi connectivity index (χ4v) is 3.58. The van der Waals surface area contributed by atoms with Crippen molar-refractivity contribution in [3.8, 4) is 0 Å². The third-order valence-corrected chi connectivity index (χ3v) is 4.72. The summed E-state index contributed by atoms with van der Waals surface area (Å²) in [5, 5.41) is 7.74. The molecule has 1 aliphatic carbocycles. The lowest BCUT2D eigenvalue weighted by Gasteiger charge is -2.27. The topological polar surface area (TPSA) is 60.2 Å². The molecular weight excluding hydrogens is 254 g/mol. The van der Waals surface area contributed by atoms with Gasteiger partial charge in [0, 0.05) is 6.61 Å². The van der Waals surface area contributed by atoms with E-state index in [1.54, 1.807) is 0 Å². The molecule has 1 saturated carbocycles. The van der Waals surface area contributed by atoms with E-state index in [9.17, 15) is 0 Å². The Labute approximate surface area is 120 Å². The summed E-state index contributed by atoms with van der Waals surface area (Å²) >= 11 is 0. The molecule has 5 nitrogen and oxygen atoms in total. The quantitative estimate of drug-likeness (QED) is 0.918. The molecule has 0 spiro atoms. The summed E-state index contributed by atoms with van der Waals surface area (Å²) in [6.07, 6.45) is 6.82. The maximum Gasteiger partial charge on any atom is 0.244 e. The van der Waals surface area contributed by atoms with Gasteiger partial charge >= 0.3 is 0 Å². The Morgan fingerprint density at radius 2 is 2.15 bits per heavy atom. The van der Waals surface area contributed by atoms with Crippen molar-refractivity contribution >= 4 is 0 Å².